The zero-order valence-electron chi connectivity index (χ0n) is 17.8. The summed E-state index contributed by atoms with van der Waals surface area (Å²) in [5.41, 5.74) is 3.16. The van der Waals surface area contributed by atoms with Crippen LogP contribution in [0.3, 0.4) is 0 Å². The molecule has 1 atom stereocenters. The van der Waals surface area contributed by atoms with Gasteiger partial charge < -0.3 is 20.5 Å². The second kappa shape index (κ2) is 8.88. The van der Waals surface area contributed by atoms with E-state index in [9.17, 15) is 9.59 Å². The summed E-state index contributed by atoms with van der Waals surface area (Å²) < 4.78 is 0. The lowest BCUT2D eigenvalue weighted by atomic mass is 9.80. The van der Waals surface area contributed by atoms with Crippen molar-refractivity contribution in [2.75, 3.05) is 19.6 Å². The highest BCUT2D eigenvalue weighted by Gasteiger charge is 2.42. The fourth-order valence-electron chi connectivity index (χ4n) is 4.86. The van der Waals surface area contributed by atoms with Crippen LogP contribution in [0.1, 0.15) is 39.5 Å². The second-order valence-electron chi connectivity index (χ2n) is 8.51. The number of thiophene rings is 1. The Morgan fingerprint density at radius 1 is 1.16 bits per heavy atom. The van der Waals surface area contributed by atoms with E-state index in [1.165, 1.54) is 17.0 Å². The number of nitrogens with one attached hydrogen (secondary N) is 3. The Morgan fingerprint density at radius 3 is 2.72 bits per heavy atom. The fourth-order valence-corrected chi connectivity index (χ4v) is 5.49. The van der Waals surface area contributed by atoms with Crippen molar-refractivity contribution in [2.24, 2.45) is 0 Å². The number of rotatable bonds is 5. The maximum atomic E-state index is 13.5. The molecule has 3 aromatic rings. The SMILES string of the molecule is O=C(N[C@@H](Cc1ccccc1)C(=O)N1CCC2(CC1)NCCc1[nH]cnc12)c1cccs1. The van der Waals surface area contributed by atoms with Crippen molar-refractivity contribution in [3.63, 3.8) is 0 Å². The summed E-state index contributed by atoms with van der Waals surface area (Å²) in [6.07, 6.45) is 4.82. The van der Waals surface area contributed by atoms with Crippen LogP contribution in [-0.4, -0.2) is 52.4 Å². The predicted octanol–water partition coefficient (Wildman–Crippen LogP) is 2.48. The predicted molar refractivity (Wildman–Crippen MR) is 124 cm³/mol. The van der Waals surface area contributed by atoms with Gasteiger partial charge in [-0.1, -0.05) is 36.4 Å². The standard InChI is InChI=1S/C24H27N5O2S/c30-22(20-7-4-14-32-20)28-19(15-17-5-2-1-3-6-17)23(31)29-12-9-24(10-13-29)21-18(8-11-27-24)25-16-26-21/h1-7,14,16,19,27H,8-13,15H2,(H,25,26)(H,28,30)/t19-/m0/s1. The highest BCUT2D eigenvalue weighted by molar-refractivity contribution is 7.12. The molecule has 2 aliphatic heterocycles. The number of benzene rings is 1. The molecule has 1 spiro atoms. The molecule has 32 heavy (non-hydrogen) atoms. The maximum Gasteiger partial charge on any atom is 0.262 e. The minimum absolute atomic E-state index is 0.0216. The lowest BCUT2D eigenvalue weighted by Crippen LogP contribution is -2.58. The van der Waals surface area contributed by atoms with Crippen molar-refractivity contribution < 1.29 is 9.59 Å². The van der Waals surface area contributed by atoms with Crippen molar-refractivity contribution in [1.29, 1.82) is 0 Å². The van der Waals surface area contributed by atoms with E-state index < -0.39 is 6.04 Å². The summed E-state index contributed by atoms with van der Waals surface area (Å²) in [6.45, 7) is 2.19. The molecule has 1 saturated heterocycles. The van der Waals surface area contributed by atoms with E-state index in [-0.39, 0.29) is 17.4 Å². The molecule has 2 amide bonds. The lowest BCUT2D eigenvalue weighted by molar-refractivity contribution is -0.135. The molecule has 0 radical (unpaired) electrons. The maximum absolute atomic E-state index is 13.5. The summed E-state index contributed by atoms with van der Waals surface area (Å²) in [7, 11) is 0. The van der Waals surface area contributed by atoms with Crippen molar-refractivity contribution >= 4 is 23.2 Å². The topological polar surface area (TPSA) is 90.1 Å². The third kappa shape index (κ3) is 4.08. The Bertz CT molecular complexity index is 1070. The van der Waals surface area contributed by atoms with Gasteiger partial charge in [0.05, 0.1) is 22.4 Å². The molecule has 166 valence electrons. The van der Waals surface area contributed by atoms with Crippen LogP contribution in [0.15, 0.2) is 54.2 Å². The summed E-state index contributed by atoms with van der Waals surface area (Å²) in [5.74, 6) is -0.218. The van der Waals surface area contributed by atoms with Gasteiger partial charge in [0.25, 0.3) is 5.91 Å². The number of carbonyl (C=O) groups excluding carboxylic acids is 2. The van der Waals surface area contributed by atoms with Gasteiger partial charge in [-0.15, -0.1) is 11.3 Å². The first kappa shape index (κ1) is 20.9. The number of nitrogens with zero attached hydrogens (tertiary/aromatic N) is 2. The van der Waals surface area contributed by atoms with Gasteiger partial charge in [0.15, 0.2) is 0 Å². The monoisotopic (exact) mass is 449 g/mol. The van der Waals surface area contributed by atoms with Crippen molar-refractivity contribution in [3.8, 4) is 0 Å². The Kier molecular flexibility index (Phi) is 5.80. The molecule has 0 saturated carbocycles. The molecule has 8 heteroatoms. The summed E-state index contributed by atoms with van der Waals surface area (Å²) in [4.78, 5) is 36.7. The normalized spacial score (nSPS) is 18.2. The molecule has 2 aliphatic rings. The molecule has 0 aliphatic carbocycles. The largest absolute Gasteiger partial charge is 0.348 e. The van der Waals surface area contributed by atoms with E-state index in [0.717, 1.165) is 37.1 Å². The summed E-state index contributed by atoms with van der Waals surface area (Å²) >= 11 is 1.38. The average Bonchev–Trinajstić information content (AvgIpc) is 3.53. The van der Waals surface area contributed by atoms with Gasteiger partial charge in [0.1, 0.15) is 6.04 Å². The van der Waals surface area contributed by atoms with E-state index >= 15 is 0 Å². The minimum Gasteiger partial charge on any atom is -0.348 e. The average molecular weight is 450 g/mol. The number of likely N-dealkylation sites (tertiary alicyclic amines) is 1. The molecule has 3 N–H and O–H groups in total. The van der Waals surface area contributed by atoms with Gasteiger partial charge in [-0.25, -0.2) is 4.98 Å². The third-order valence-corrected chi connectivity index (χ3v) is 7.44. The van der Waals surface area contributed by atoms with Crippen LogP contribution < -0.4 is 10.6 Å². The number of hydrogen-bond donors (Lipinski definition) is 3. The van der Waals surface area contributed by atoms with Gasteiger partial charge in [-0.2, -0.15) is 0 Å². The molecule has 0 unspecified atom stereocenters. The Hall–Kier alpha value is -2.97. The van der Waals surface area contributed by atoms with Crippen LogP contribution in [0, 0.1) is 0 Å². The van der Waals surface area contributed by atoms with Crippen LogP contribution in [0.2, 0.25) is 0 Å². The highest BCUT2D eigenvalue weighted by Crippen LogP contribution is 2.36. The van der Waals surface area contributed by atoms with E-state index in [4.69, 9.17) is 0 Å². The molecule has 1 aromatic carbocycles. The van der Waals surface area contributed by atoms with Crippen molar-refractivity contribution in [2.45, 2.75) is 37.3 Å². The van der Waals surface area contributed by atoms with E-state index in [2.05, 4.69) is 20.6 Å². The van der Waals surface area contributed by atoms with Gasteiger partial charge in [-0.3, -0.25) is 9.59 Å². The lowest BCUT2D eigenvalue weighted by Gasteiger charge is -2.44. The van der Waals surface area contributed by atoms with Gasteiger partial charge in [-0.05, 0) is 29.9 Å². The minimum atomic E-state index is -0.596. The number of amides is 2. The highest BCUT2D eigenvalue weighted by atomic mass is 32.1. The van der Waals surface area contributed by atoms with Crippen LogP contribution in [0.5, 0.6) is 0 Å². The van der Waals surface area contributed by atoms with E-state index in [0.29, 0.717) is 24.4 Å². The number of H-pyrrole nitrogens is 1. The number of aromatic amines is 1. The summed E-state index contributed by atoms with van der Waals surface area (Å²) in [6, 6.07) is 12.9. The molecule has 4 heterocycles. The Labute approximate surface area is 191 Å². The Morgan fingerprint density at radius 2 is 1.97 bits per heavy atom. The molecule has 5 rings (SSSR count). The third-order valence-electron chi connectivity index (χ3n) is 6.57. The van der Waals surface area contributed by atoms with Gasteiger partial charge in [0.2, 0.25) is 5.91 Å². The number of hydrogen-bond acceptors (Lipinski definition) is 5. The zero-order chi connectivity index (χ0) is 22.0. The van der Waals surface area contributed by atoms with Crippen LogP contribution in [0.25, 0.3) is 0 Å². The van der Waals surface area contributed by atoms with Crippen molar-refractivity contribution in [1.82, 2.24) is 25.5 Å². The zero-order valence-corrected chi connectivity index (χ0v) is 18.7. The first-order valence-electron chi connectivity index (χ1n) is 11.1. The number of piperidine rings is 1. The quantitative estimate of drug-likeness (QED) is 0.558. The molecular weight excluding hydrogens is 422 g/mol. The van der Waals surface area contributed by atoms with Crippen LogP contribution in [-0.2, 0) is 23.2 Å². The Balaban J connectivity index is 1.31. The first-order valence-corrected chi connectivity index (χ1v) is 12.0. The smallest absolute Gasteiger partial charge is 0.262 e. The first-order chi connectivity index (χ1) is 15.6. The molecular formula is C24H27N5O2S. The fraction of sp³-hybridized carbons (Fsp3) is 0.375. The van der Waals surface area contributed by atoms with Crippen LogP contribution in [0.4, 0.5) is 0 Å². The number of aromatic nitrogens is 2. The second-order valence-corrected chi connectivity index (χ2v) is 9.45. The number of imidazole rings is 1. The number of fused-ring (bicyclic) bond motifs is 2. The number of carbonyl (C=O) groups is 2. The van der Waals surface area contributed by atoms with Crippen molar-refractivity contribution in [3.05, 3.63) is 76.0 Å². The van der Waals surface area contributed by atoms with Gasteiger partial charge >= 0.3 is 0 Å². The summed E-state index contributed by atoms with van der Waals surface area (Å²) in [5, 5.41) is 8.53. The molecule has 7 nitrogen and oxygen atoms in total. The van der Waals surface area contributed by atoms with Crippen LogP contribution >= 0.6 is 11.3 Å². The molecule has 1 fully saturated rings. The van der Waals surface area contributed by atoms with E-state index in [1.54, 1.807) is 12.4 Å². The van der Waals surface area contributed by atoms with Gasteiger partial charge in [0, 0.05) is 38.2 Å². The molecule has 0 bridgehead atoms. The van der Waals surface area contributed by atoms with E-state index in [1.807, 2.05) is 46.7 Å². The molecule has 2 aromatic heterocycles.